The van der Waals surface area contributed by atoms with Gasteiger partial charge in [0.15, 0.2) is 5.89 Å². The fraction of sp³-hybridized carbons (Fsp3) is 0.522. The van der Waals surface area contributed by atoms with Gasteiger partial charge in [0.2, 0.25) is 11.8 Å². The highest BCUT2D eigenvalue weighted by Crippen LogP contribution is 2.27. The van der Waals surface area contributed by atoms with Crippen molar-refractivity contribution in [3.05, 3.63) is 53.2 Å². The van der Waals surface area contributed by atoms with E-state index in [1.54, 1.807) is 0 Å². The third-order valence-electron chi connectivity index (χ3n) is 6.30. The SMILES string of the molecule is CC(=O)NC[C@H]1CC[C@@H](CC(=O)N2CCc3oc(Cc4ccccc4)nc3C2)N1C. The third kappa shape index (κ3) is 4.73. The van der Waals surface area contributed by atoms with Gasteiger partial charge in [0.05, 0.1) is 6.54 Å². The van der Waals surface area contributed by atoms with Crippen LogP contribution in [0.25, 0.3) is 0 Å². The fourth-order valence-electron chi connectivity index (χ4n) is 4.49. The molecule has 0 spiro atoms. The molecule has 1 saturated heterocycles. The lowest BCUT2D eigenvalue weighted by Gasteiger charge is -2.29. The number of oxazole rings is 1. The van der Waals surface area contributed by atoms with Crippen molar-refractivity contribution in [1.82, 2.24) is 20.1 Å². The van der Waals surface area contributed by atoms with Crippen molar-refractivity contribution in [2.45, 2.75) is 57.7 Å². The second-order valence-electron chi connectivity index (χ2n) is 8.40. The van der Waals surface area contributed by atoms with E-state index < -0.39 is 0 Å². The number of benzene rings is 1. The van der Waals surface area contributed by atoms with Gasteiger partial charge in [0.25, 0.3) is 0 Å². The number of likely N-dealkylation sites (tertiary alicyclic amines) is 1. The zero-order valence-electron chi connectivity index (χ0n) is 17.8. The number of nitrogens with one attached hydrogen (secondary N) is 1. The molecule has 2 aliphatic rings. The van der Waals surface area contributed by atoms with Crippen molar-refractivity contribution in [1.29, 1.82) is 0 Å². The van der Waals surface area contributed by atoms with Crippen LogP contribution in [0.4, 0.5) is 0 Å². The minimum Gasteiger partial charge on any atom is -0.445 e. The number of nitrogens with zero attached hydrogens (tertiary/aromatic N) is 3. The zero-order chi connectivity index (χ0) is 21.1. The molecule has 7 nitrogen and oxygen atoms in total. The van der Waals surface area contributed by atoms with Crippen LogP contribution in [-0.2, 0) is 29.0 Å². The molecule has 160 valence electrons. The number of likely N-dealkylation sites (N-methyl/N-ethyl adjacent to an activating group) is 1. The second kappa shape index (κ2) is 9.00. The van der Waals surface area contributed by atoms with Gasteiger partial charge in [-0.15, -0.1) is 0 Å². The lowest BCUT2D eigenvalue weighted by molar-refractivity contribution is -0.133. The fourth-order valence-corrected chi connectivity index (χ4v) is 4.49. The van der Waals surface area contributed by atoms with Crippen molar-refractivity contribution in [2.24, 2.45) is 0 Å². The van der Waals surface area contributed by atoms with E-state index in [1.165, 1.54) is 12.5 Å². The number of carbonyl (C=O) groups excluding carboxylic acids is 2. The van der Waals surface area contributed by atoms with Gasteiger partial charge in [-0.1, -0.05) is 30.3 Å². The summed E-state index contributed by atoms with van der Waals surface area (Å²) in [5.41, 5.74) is 2.06. The minimum atomic E-state index is -0.00806. The van der Waals surface area contributed by atoms with Crippen LogP contribution in [0.1, 0.15) is 49.1 Å². The average Bonchev–Trinajstić information content (AvgIpc) is 3.29. The van der Waals surface area contributed by atoms with Gasteiger partial charge in [-0.3, -0.25) is 14.5 Å². The van der Waals surface area contributed by atoms with Crippen LogP contribution in [0.2, 0.25) is 0 Å². The molecule has 1 N–H and O–H groups in total. The van der Waals surface area contributed by atoms with Gasteiger partial charge in [-0.25, -0.2) is 4.98 Å². The van der Waals surface area contributed by atoms with Crippen molar-refractivity contribution >= 4 is 11.8 Å². The predicted octanol–water partition coefficient (Wildman–Crippen LogP) is 2.14. The van der Waals surface area contributed by atoms with E-state index in [0.717, 1.165) is 30.2 Å². The van der Waals surface area contributed by atoms with E-state index in [-0.39, 0.29) is 17.9 Å². The summed E-state index contributed by atoms with van der Waals surface area (Å²) in [6.45, 7) is 3.39. The molecule has 2 atom stereocenters. The number of amides is 2. The summed E-state index contributed by atoms with van der Waals surface area (Å²) in [7, 11) is 2.05. The molecule has 0 saturated carbocycles. The molecule has 2 aliphatic heterocycles. The van der Waals surface area contributed by atoms with E-state index in [4.69, 9.17) is 4.42 Å². The maximum absolute atomic E-state index is 13.0. The molecule has 1 aromatic carbocycles. The Morgan fingerprint density at radius 2 is 1.97 bits per heavy atom. The van der Waals surface area contributed by atoms with Crippen molar-refractivity contribution < 1.29 is 14.0 Å². The Bertz CT molecular complexity index is 895. The first kappa shape index (κ1) is 20.6. The summed E-state index contributed by atoms with van der Waals surface area (Å²) in [5.74, 6) is 1.80. The maximum atomic E-state index is 13.0. The first-order valence-electron chi connectivity index (χ1n) is 10.7. The molecular weight excluding hydrogens is 380 g/mol. The van der Waals surface area contributed by atoms with Crippen molar-refractivity contribution in [2.75, 3.05) is 20.1 Å². The van der Waals surface area contributed by atoms with Crippen molar-refractivity contribution in [3.63, 3.8) is 0 Å². The molecule has 2 aromatic rings. The Balaban J connectivity index is 1.32. The van der Waals surface area contributed by atoms with Gasteiger partial charge in [-0.2, -0.15) is 0 Å². The van der Waals surface area contributed by atoms with Crippen LogP contribution in [0.3, 0.4) is 0 Å². The zero-order valence-corrected chi connectivity index (χ0v) is 17.8. The number of aromatic nitrogens is 1. The lowest BCUT2D eigenvalue weighted by atomic mass is 10.1. The molecule has 1 aromatic heterocycles. The van der Waals surface area contributed by atoms with Gasteiger partial charge < -0.3 is 14.6 Å². The Hall–Kier alpha value is -2.67. The molecule has 0 bridgehead atoms. The van der Waals surface area contributed by atoms with Crippen LogP contribution < -0.4 is 5.32 Å². The Kier molecular flexibility index (Phi) is 6.18. The van der Waals surface area contributed by atoms with Crippen LogP contribution in [0.5, 0.6) is 0 Å². The average molecular weight is 411 g/mol. The molecular formula is C23H30N4O3. The predicted molar refractivity (Wildman–Crippen MR) is 113 cm³/mol. The second-order valence-corrected chi connectivity index (χ2v) is 8.40. The number of carbonyl (C=O) groups is 2. The summed E-state index contributed by atoms with van der Waals surface area (Å²) in [4.78, 5) is 32.9. The number of hydrogen-bond donors (Lipinski definition) is 1. The van der Waals surface area contributed by atoms with Crippen LogP contribution >= 0.6 is 0 Å². The molecule has 30 heavy (non-hydrogen) atoms. The van der Waals surface area contributed by atoms with Gasteiger partial charge >= 0.3 is 0 Å². The normalized spacial score (nSPS) is 21.5. The van der Waals surface area contributed by atoms with Crippen molar-refractivity contribution in [3.8, 4) is 0 Å². The highest BCUT2D eigenvalue weighted by Gasteiger charge is 2.34. The molecule has 0 aliphatic carbocycles. The van der Waals surface area contributed by atoms with Gasteiger partial charge in [0.1, 0.15) is 11.5 Å². The third-order valence-corrected chi connectivity index (χ3v) is 6.30. The first-order chi connectivity index (χ1) is 14.5. The van der Waals surface area contributed by atoms with E-state index in [9.17, 15) is 9.59 Å². The van der Waals surface area contributed by atoms with E-state index in [0.29, 0.717) is 44.9 Å². The summed E-state index contributed by atoms with van der Waals surface area (Å²) >= 11 is 0. The molecule has 4 rings (SSSR count). The van der Waals surface area contributed by atoms with Crippen LogP contribution in [-0.4, -0.2) is 58.8 Å². The number of fused-ring (bicyclic) bond motifs is 1. The maximum Gasteiger partial charge on any atom is 0.224 e. The smallest absolute Gasteiger partial charge is 0.224 e. The Morgan fingerprint density at radius 3 is 2.73 bits per heavy atom. The Labute approximate surface area is 177 Å². The topological polar surface area (TPSA) is 78.7 Å². The highest BCUT2D eigenvalue weighted by molar-refractivity contribution is 5.77. The van der Waals surface area contributed by atoms with Crippen LogP contribution in [0.15, 0.2) is 34.7 Å². The largest absolute Gasteiger partial charge is 0.445 e. The first-order valence-corrected chi connectivity index (χ1v) is 10.7. The summed E-state index contributed by atoms with van der Waals surface area (Å²) in [6.07, 6.45) is 3.89. The van der Waals surface area contributed by atoms with Crippen LogP contribution in [0, 0.1) is 0 Å². The summed E-state index contributed by atoms with van der Waals surface area (Å²) in [6, 6.07) is 10.7. The summed E-state index contributed by atoms with van der Waals surface area (Å²) < 4.78 is 5.96. The highest BCUT2D eigenvalue weighted by atomic mass is 16.4. The van der Waals surface area contributed by atoms with Gasteiger partial charge in [-0.05, 0) is 25.5 Å². The minimum absolute atomic E-state index is 0.00806. The molecule has 0 unspecified atom stereocenters. The van der Waals surface area contributed by atoms with E-state index in [1.807, 2.05) is 23.1 Å². The van der Waals surface area contributed by atoms with E-state index in [2.05, 4.69) is 34.4 Å². The molecule has 0 radical (unpaired) electrons. The molecule has 1 fully saturated rings. The molecule has 7 heteroatoms. The number of hydrogen-bond acceptors (Lipinski definition) is 5. The number of rotatable bonds is 6. The quantitative estimate of drug-likeness (QED) is 0.789. The van der Waals surface area contributed by atoms with E-state index >= 15 is 0 Å². The standard InChI is InChI=1S/C23H30N4O3/c1-16(28)24-14-19-9-8-18(26(19)2)13-23(29)27-11-10-21-20(15-27)25-22(30-21)12-17-6-4-3-5-7-17/h3-7,18-19H,8-15H2,1-2H3,(H,24,28)/t18-,19+/m0/s1. The lowest BCUT2D eigenvalue weighted by Crippen LogP contribution is -2.43. The Morgan fingerprint density at radius 1 is 1.20 bits per heavy atom. The monoisotopic (exact) mass is 410 g/mol. The van der Waals surface area contributed by atoms with Gasteiger partial charge in [0, 0.05) is 51.4 Å². The molecule has 3 heterocycles. The molecule has 2 amide bonds. The summed E-state index contributed by atoms with van der Waals surface area (Å²) in [5, 5.41) is 2.89.